The smallest absolute Gasteiger partial charge is 0.260 e. The first-order valence-electron chi connectivity index (χ1n) is 6.40. The maximum atomic E-state index is 13.8. The van der Waals surface area contributed by atoms with Crippen LogP contribution in [-0.2, 0) is 9.53 Å². The van der Waals surface area contributed by atoms with Gasteiger partial charge < -0.3 is 9.64 Å². The Morgan fingerprint density at radius 3 is 2.88 bits per heavy atom. The molecule has 0 aromatic rings. The predicted octanol–water partition coefficient (Wildman–Crippen LogP) is 0.420. The van der Waals surface area contributed by atoms with Gasteiger partial charge in [0.2, 0.25) is 0 Å². The number of piperidine rings is 1. The second-order valence-electron chi connectivity index (χ2n) is 5.46. The van der Waals surface area contributed by atoms with Gasteiger partial charge in [0, 0.05) is 19.6 Å². The van der Waals surface area contributed by atoms with Gasteiger partial charge in [0.05, 0.1) is 18.8 Å². The highest BCUT2D eigenvalue weighted by molar-refractivity contribution is 5.88. The Bertz CT molecular complexity index is 332. The van der Waals surface area contributed by atoms with Gasteiger partial charge in [-0.05, 0) is 26.3 Å². The molecule has 2 saturated heterocycles. The van der Waals surface area contributed by atoms with Crippen molar-refractivity contribution in [3.05, 3.63) is 0 Å². The van der Waals surface area contributed by atoms with Crippen molar-refractivity contribution in [1.82, 2.24) is 9.80 Å². The molecule has 1 aliphatic carbocycles. The number of morpholine rings is 1. The zero-order valence-electron chi connectivity index (χ0n) is 10.2. The zero-order chi connectivity index (χ0) is 12.0. The highest BCUT2D eigenvalue weighted by Crippen LogP contribution is 2.42. The number of hydrogen-bond donors (Lipinski definition) is 0. The van der Waals surface area contributed by atoms with E-state index in [0.29, 0.717) is 25.9 Å². The first-order valence-corrected chi connectivity index (χ1v) is 6.40. The molecule has 2 aliphatic heterocycles. The van der Waals surface area contributed by atoms with Gasteiger partial charge in [-0.1, -0.05) is 0 Å². The number of rotatable bonds is 1. The lowest BCUT2D eigenvalue weighted by Crippen LogP contribution is -2.60. The number of hydrogen-bond acceptors (Lipinski definition) is 3. The fourth-order valence-corrected chi connectivity index (χ4v) is 2.83. The summed E-state index contributed by atoms with van der Waals surface area (Å²) in [4.78, 5) is 15.9. The van der Waals surface area contributed by atoms with Crippen LogP contribution in [0.5, 0.6) is 0 Å². The number of carbonyl (C=O) groups is 1. The van der Waals surface area contributed by atoms with E-state index < -0.39 is 5.67 Å². The maximum Gasteiger partial charge on any atom is 0.260 e. The van der Waals surface area contributed by atoms with Crippen molar-refractivity contribution < 1.29 is 13.9 Å². The Hall–Kier alpha value is -0.680. The molecule has 3 aliphatic rings. The summed E-state index contributed by atoms with van der Waals surface area (Å²) in [6.45, 7) is 2.91. The van der Waals surface area contributed by atoms with Crippen molar-refractivity contribution in [2.45, 2.75) is 37.1 Å². The van der Waals surface area contributed by atoms with Gasteiger partial charge in [-0.25, -0.2) is 4.39 Å². The lowest BCUT2D eigenvalue weighted by Gasteiger charge is -2.45. The van der Waals surface area contributed by atoms with Gasteiger partial charge >= 0.3 is 0 Å². The molecular weight excluding hydrogens is 223 g/mol. The van der Waals surface area contributed by atoms with E-state index in [-0.39, 0.29) is 18.1 Å². The fraction of sp³-hybridized carbons (Fsp3) is 0.917. The van der Waals surface area contributed by atoms with Gasteiger partial charge in [-0.2, -0.15) is 0 Å². The summed E-state index contributed by atoms with van der Waals surface area (Å²) in [5, 5.41) is 0. The average Bonchev–Trinajstić information content (AvgIpc) is 3.08. The number of carbonyl (C=O) groups excluding carboxylic acids is 1. The summed E-state index contributed by atoms with van der Waals surface area (Å²) < 4.78 is 19.5. The minimum atomic E-state index is -1.53. The first kappa shape index (κ1) is 11.4. The molecule has 2 heterocycles. The van der Waals surface area contributed by atoms with Crippen molar-refractivity contribution in [2.75, 3.05) is 33.3 Å². The van der Waals surface area contributed by atoms with Crippen molar-refractivity contribution in [2.24, 2.45) is 0 Å². The Morgan fingerprint density at radius 2 is 2.18 bits per heavy atom. The maximum absolute atomic E-state index is 13.8. The van der Waals surface area contributed by atoms with Gasteiger partial charge in [0.25, 0.3) is 5.91 Å². The topological polar surface area (TPSA) is 32.8 Å². The van der Waals surface area contributed by atoms with Crippen LogP contribution in [0.15, 0.2) is 0 Å². The van der Waals surface area contributed by atoms with E-state index in [4.69, 9.17) is 4.74 Å². The number of fused-ring (bicyclic) bond motifs is 1. The van der Waals surface area contributed by atoms with E-state index in [1.165, 1.54) is 0 Å². The van der Waals surface area contributed by atoms with Crippen LogP contribution in [0.4, 0.5) is 4.39 Å². The number of halogens is 1. The molecule has 2 atom stereocenters. The summed E-state index contributed by atoms with van der Waals surface area (Å²) in [5.41, 5.74) is -1.53. The summed E-state index contributed by atoms with van der Waals surface area (Å²) in [6, 6.07) is 0.240. The monoisotopic (exact) mass is 242 g/mol. The van der Waals surface area contributed by atoms with Crippen LogP contribution in [0, 0.1) is 0 Å². The molecule has 5 heteroatoms. The normalized spacial score (nSPS) is 36.5. The van der Waals surface area contributed by atoms with Crippen molar-refractivity contribution in [3.8, 4) is 0 Å². The molecule has 3 rings (SSSR count). The number of likely N-dealkylation sites (tertiary alicyclic amines) is 1. The van der Waals surface area contributed by atoms with Crippen LogP contribution in [0.2, 0.25) is 0 Å². The van der Waals surface area contributed by atoms with Crippen LogP contribution < -0.4 is 0 Å². The highest BCUT2D eigenvalue weighted by Gasteiger charge is 2.54. The third kappa shape index (κ3) is 1.95. The quantitative estimate of drug-likeness (QED) is 0.668. The average molecular weight is 242 g/mol. The van der Waals surface area contributed by atoms with E-state index in [9.17, 15) is 9.18 Å². The number of ether oxygens (including phenoxy) is 1. The van der Waals surface area contributed by atoms with Crippen LogP contribution in [-0.4, -0.2) is 66.8 Å². The number of nitrogens with zero attached hydrogens (tertiary/aromatic N) is 2. The fourth-order valence-electron chi connectivity index (χ4n) is 2.83. The molecule has 3 fully saturated rings. The summed E-state index contributed by atoms with van der Waals surface area (Å²) in [6.07, 6.45) is 1.86. The molecule has 0 bridgehead atoms. The van der Waals surface area contributed by atoms with Crippen LogP contribution in [0.1, 0.15) is 19.3 Å². The molecule has 1 saturated carbocycles. The molecule has 1 amide bonds. The van der Waals surface area contributed by atoms with Gasteiger partial charge in [0.15, 0.2) is 5.67 Å². The molecule has 96 valence electrons. The van der Waals surface area contributed by atoms with E-state index in [0.717, 1.165) is 19.6 Å². The summed E-state index contributed by atoms with van der Waals surface area (Å²) in [5.74, 6) is -0.296. The van der Waals surface area contributed by atoms with Crippen LogP contribution in [0.3, 0.4) is 0 Å². The Labute approximate surface area is 101 Å². The third-order valence-corrected chi connectivity index (χ3v) is 4.22. The number of amides is 1. The second kappa shape index (κ2) is 3.92. The van der Waals surface area contributed by atoms with Crippen molar-refractivity contribution >= 4 is 5.91 Å². The predicted molar refractivity (Wildman–Crippen MR) is 60.4 cm³/mol. The molecule has 4 nitrogen and oxygen atoms in total. The molecule has 0 aromatic carbocycles. The Morgan fingerprint density at radius 1 is 1.41 bits per heavy atom. The molecule has 0 unspecified atom stereocenters. The van der Waals surface area contributed by atoms with Crippen molar-refractivity contribution in [1.29, 1.82) is 0 Å². The summed E-state index contributed by atoms with van der Waals surface area (Å²) in [7, 11) is 2.05. The number of likely N-dealkylation sites (N-methyl/N-ethyl adjacent to an activating group) is 1. The lowest BCUT2D eigenvalue weighted by molar-refractivity contribution is -0.147. The molecule has 0 N–H and O–H groups in total. The SMILES string of the molecule is CN1CCO[C@H]2CCN(C(=O)C3(F)CC3)C[C@@H]21. The highest BCUT2D eigenvalue weighted by atomic mass is 19.1. The molecule has 0 aromatic heterocycles. The van der Waals surface area contributed by atoms with Gasteiger partial charge in [-0.3, -0.25) is 9.69 Å². The second-order valence-corrected chi connectivity index (χ2v) is 5.46. The van der Waals surface area contributed by atoms with Gasteiger partial charge in [-0.15, -0.1) is 0 Å². The number of alkyl halides is 1. The van der Waals surface area contributed by atoms with Crippen LogP contribution >= 0.6 is 0 Å². The van der Waals surface area contributed by atoms with Gasteiger partial charge in [0.1, 0.15) is 0 Å². The standard InChI is InChI=1S/C12H19FN2O2/c1-14-6-7-17-10-2-5-15(8-9(10)14)11(16)12(13)3-4-12/h9-10H,2-8H2,1H3/t9-,10-/m0/s1. The molecule has 0 spiro atoms. The van der Waals surface area contributed by atoms with E-state index >= 15 is 0 Å². The zero-order valence-corrected chi connectivity index (χ0v) is 10.2. The van der Waals surface area contributed by atoms with Crippen LogP contribution in [0.25, 0.3) is 0 Å². The molecule has 0 radical (unpaired) electrons. The minimum Gasteiger partial charge on any atom is -0.375 e. The summed E-state index contributed by atoms with van der Waals surface area (Å²) >= 11 is 0. The Kier molecular flexibility index (Phi) is 2.63. The van der Waals surface area contributed by atoms with Crippen molar-refractivity contribution in [3.63, 3.8) is 0 Å². The van der Waals surface area contributed by atoms with E-state index in [2.05, 4.69) is 11.9 Å². The largest absolute Gasteiger partial charge is 0.375 e. The lowest BCUT2D eigenvalue weighted by atomic mass is 9.98. The molecule has 17 heavy (non-hydrogen) atoms. The minimum absolute atomic E-state index is 0.215. The Balaban J connectivity index is 1.67. The van der Waals surface area contributed by atoms with E-state index in [1.54, 1.807) is 4.90 Å². The molecular formula is C12H19FN2O2. The van der Waals surface area contributed by atoms with E-state index in [1.807, 2.05) is 0 Å². The third-order valence-electron chi connectivity index (χ3n) is 4.22. The first-order chi connectivity index (χ1) is 8.10.